The van der Waals surface area contributed by atoms with Gasteiger partial charge in [-0.2, -0.15) is 0 Å². The number of aryl methyl sites for hydroxylation is 1. The summed E-state index contributed by atoms with van der Waals surface area (Å²) in [5, 5.41) is 12.0. The molecule has 0 radical (unpaired) electrons. The fraction of sp³-hybridized carbons (Fsp3) is 0.467. The van der Waals surface area contributed by atoms with Crippen LogP contribution in [0.15, 0.2) is 24.3 Å². The molecule has 1 aromatic carbocycles. The van der Waals surface area contributed by atoms with E-state index in [4.69, 9.17) is 4.74 Å². The van der Waals surface area contributed by atoms with Gasteiger partial charge in [0.2, 0.25) is 5.91 Å². The van der Waals surface area contributed by atoms with Crippen LogP contribution in [0.25, 0.3) is 0 Å². The molecular formula is C15H19NO4. The second-order valence-corrected chi connectivity index (χ2v) is 5.52. The van der Waals surface area contributed by atoms with Crippen molar-refractivity contribution >= 4 is 11.9 Å². The minimum atomic E-state index is -1.05. The van der Waals surface area contributed by atoms with E-state index in [-0.39, 0.29) is 25.5 Å². The van der Waals surface area contributed by atoms with Crippen LogP contribution in [0.5, 0.6) is 0 Å². The van der Waals surface area contributed by atoms with Gasteiger partial charge in [0.1, 0.15) is 5.41 Å². The average Bonchev–Trinajstić information content (AvgIpc) is 2.75. The van der Waals surface area contributed by atoms with E-state index in [2.05, 4.69) is 5.32 Å². The van der Waals surface area contributed by atoms with Crippen LogP contribution in [-0.4, -0.2) is 36.2 Å². The molecule has 2 N–H and O–H groups in total. The molecule has 1 fully saturated rings. The molecule has 0 saturated carbocycles. The van der Waals surface area contributed by atoms with E-state index in [0.717, 1.165) is 11.1 Å². The van der Waals surface area contributed by atoms with Crippen LogP contribution in [0.2, 0.25) is 0 Å². The van der Waals surface area contributed by atoms with Gasteiger partial charge in [0.15, 0.2) is 0 Å². The van der Waals surface area contributed by atoms with Gasteiger partial charge in [-0.3, -0.25) is 9.59 Å². The minimum absolute atomic E-state index is 0.123. The molecule has 20 heavy (non-hydrogen) atoms. The Balaban J connectivity index is 1.98. The quantitative estimate of drug-likeness (QED) is 0.865. The number of benzene rings is 1. The third-order valence-corrected chi connectivity index (χ3v) is 3.76. The summed E-state index contributed by atoms with van der Waals surface area (Å²) in [5.74, 6) is -1.13. The first-order valence-electron chi connectivity index (χ1n) is 6.58. The molecule has 1 aliphatic rings. The first-order chi connectivity index (χ1) is 9.41. The lowest BCUT2D eigenvalue weighted by Gasteiger charge is -2.25. The fourth-order valence-corrected chi connectivity index (χ4v) is 2.22. The Morgan fingerprint density at radius 3 is 2.65 bits per heavy atom. The van der Waals surface area contributed by atoms with Crippen molar-refractivity contribution in [3.8, 4) is 0 Å². The molecule has 1 aliphatic heterocycles. The maximum atomic E-state index is 12.0. The molecule has 1 amide bonds. The summed E-state index contributed by atoms with van der Waals surface area (Å²) in [5.41, 5.74) is 0.990. The zero-order valence-electron chi connectivity index (χ0n) is 11.7. The summed E-state index contributed by atoms with van der Waals surface area (Å²) >= 11 is 0. The highest BCUT2D eigenvalue weighted by atomic mass is 16.5. The van der Waals surface area contributed by atoms with Crippen LogP contribution in [-0.2, 0) is 20.7 Å². The lowest BCUT2D eigenvalue weighted by molar-refractivity contribution is -0.149. The average molecular weight is 277 g/mol. The summed E-state index contributed by atoms with van der Waals surface area (Å²) in [4.78, 5) is 23.3. The van der Waals surface area contributed by atoms with Crippen molar-refractivity contribution in [3.63, 3.8) is 0 Å². The molecule has 2 atom stereocenters. The Kier molecular flexibility index (Phi) is 4.09. The van der Waals surface area contributed by atoms with Crippen molar-refractivity contribution in [2.24, 2.45) is 5.41 Å². The molecule has 0 spiro atoms. The summed E-state index contributed by atoms with van der Waals surface area (Å²) < 4.78 is 5.21. The van der Waals surface area contributed by atoms with E-state index in [1.54, 1.807) is 6.92 Å². The molecule has 108 valence electrons. The van der Waals surface area contributed by atoms with Crippen LogP contribution < -0.4 is 5.32 Å². The van der Waals surface area contributed by atoms with Gasteiger partial charge in [-0.15, -0.1) is 0 Å². The number of ether oxygens (including phenoxy) is 1. The molecule has 5 heteroatoms. The molecule has 1 heterocycles. The maximum Gasteiger partial charge on any atom is 0.313 e. The molecule has 2 rings (SSSR count). The number of carboxylic acids is 1. The normalized spacial score (nSPS) is 25.4. The van der Waals surface area contributed by atoms with Crippen LogP contribution >= 0.6 is 0 Å². The zero-order chi connectivity index (χ0) is 14.8. The van der Waals surface area contributed by atoms with Gasteiger partial charge in [0, 0.05) is 0 Å². The van der Waals surface area contributed by atoms with Crippen LogP contribution in [0.3, 0.4) is 0 Å². The van der Waals surface area contributed by atoms with Crippen molar-refractivity contribution in [2.75, 3.05) is 13.2 Å². The van der Waals surface area contributed by atoms with Crippen LogP contribution in [0.4, 0.5) is 0 Å². The SMILES string of the molecule is Cc1ccc(CC(=O)NC2COCC2(C)C(=O)O)cc1. The van der Waals surface area contributed by atoms with E-state index in [1.807, 2.05) is 31.2 Å². The van der Waals surface area contributed by atoms with E-state index in [0.29, 0.717) is 0 Å². The van der Waals surface area contributed by atoms with E-state index < -0.39 is 17.4 Å². The monoisotopic (exact) mass is 277 g/mol. The third kappa shape index (κ3) is 2.99. The van der Waals surface area contributed by atoms with Crippen LogP contribution in [0.1, 0.15) is 18.1 Å². The van der Waals surface area contributed by atoms with Crippen molar-refractivity contribution < 1.29 is 19.4 Å². The van der Waals surface area contributed by atoms with Crippen molar-refractivity contribution in [2.45, 2.75) is 26.3 Å². The molecule has 0 bridgehead atoms. The maximum absolute atomic E-state index is 12.0. The highest BCUT2D eigenvalue weighted by Gasteiger charge is 2.47. The van der Waals surface area contributed by atoms with Gasteiger partial charge in [-0.05, 0) is 19.4 Å². The number of aliphatic carboxylic acids is 1. The highest BCUT2D eigenvalue weighted by molar-refractivity contribution is 5.81. The molecular weight excluding hydrogens is 258 g/mol. The summed E-state index contributed by atoms with van der Waals surface area (Å²) in [6.45, 7) is 3.94. The van der Waals surface area contributed by atoms with Gasteiger partial charge in [-0.25, -0.2) is 0 Å². The standard InChI is InChI=1S/C15H19NO4/c1-10-3-5-11(6-4-10)7-13(17)16-12-8-20-9-15(12,2)14(18)19/h3-6,12H,7-9H2,1-2H3,(H,16,17)(H,18,19). The Hall–Kier alpha value is -1.88. The first-order valence-corrected chi connectivity index (χ1v) is 6.58. The number of hydrogen-bond donors (Lipinski definition) is 2. The molecule has 0 aliphatic carbocycles. The Morgan fingerprint density at radius 1 is 1.40 bits per heavy atom. The predicted octanol–water partition coefficient (Wildman–Crippen LogP) is 1.14. The van der Waals surface area contributed by atoms with Gasteiger partial charge in [-0.1, -0.05) is 29.8 Å². The lowest BCUT2D eigenvalue weighted by Crippen LogP contribution is -2.50. The smallest absolute Gasteiger partial charge is 0.313 e. The second-order valence-electron chi connectivity index (χ2n) is 5.52. The topological polar surface area (TPSA) is 75.6 Å². The first kappa shape index (κ1) is 14.5. The lowest BCUT2D eigenvalue weighted by atomic mass is 9.85. The van der Waals surface area contributed by atoms with Gasteiger partial charge in [0.05, 0.1) is 25.7 Å². The summed E-state index contributed by atoms with van der Waals surface area (Å²) in [7, 11) is 0. The minimum Gasteiger partial charge on any atom is -0.481 e. The second kappa shape index (κ2) is 5.63. The predicted molar refractivity (Wildman–Crippen MR) is 73.4 cm³/mol. The Bertz CT molecular complexity index is 511. The van der Waals surface area contributed by atoms with Crippen molar-refractivity contribution in [1.29, 1.82) is 0 Å². The van der Waals surface area contributed by atoms with Gasteiger partial charge >= 0.3 is 5.97 Å². The largest absolute Gasteiger partial charge is 0.481 e. The fourth-order valence-electron chi connectivity index (χ4n) is 2.22. The molecule has 2 unspecified atom stereocenters. The number of carboxylic acid groups (broad SMARTS) is 1. The van der Waals surface area contributed by atoms with Crippen LogP contribution in [0, 0.1) is 12.3 Å². The Morgan fingerprint density at radius 2 is 2.05 bits per heavy atom. The number of nitrogens with one attached hydrogen (secondary N) is 1. The number of rotatable bonds is 4. The molecule has 1 saturated heterocycles. The van der Waals surface area contributed by atoms with E-state index in [9.17, 15) is 14.7 Å². The summed E-state index contributed by atoms with van der Waals surface area (Å²) in [6, 6.07) is 7.20. The van der Waals surface area contributed by atoms with E-state index >= 15 is 0 Å². The highest BCUT2D eigenvalue weighted by Crippen LogP contribution is 2.28. The molecule has 0 aromatic heterocycles. The molecule has 1 aromatic rings. The number of amides is 1. The number of hydrogen-bond acceptors (Lipinski definition) is 3. The number of carbonyl (C=O) groups is 2. The number of carbonyl (C=O) groups excluding carboxylic acids is 1. The third-order valence-electron chi connectivity index (χ3n) is 3.76. The molecule has 5 nitrogen and oxygen atoms in total. The zero-order valence-corrected chi connectivity index (χ0v) is 11.7. The summed E-state index contributed by atoms with van der Waals surface area (Å²) in [6.07, 6.45) is 0.243. The van der Waals surface area contributed by atoms with Crippen molar-refractivity contribution in [1.82, 2.24) is 5.32 Å². The van der Waals surface area contributed by atoms with E-state index in [1.165, 1.54) is 0 Å². The van der Waals surface area contributed by atoms with Crippen molar-refractivity contribution in [3.05, 3.63) is 35.4 Å². The Labute approximate surface area is 117 Å². The van der Waals surface area contributed by atoms with Gasteiger partial charge < -0.3 is 15.2 Å². The van der Waals surface area contributed by atoms with Gasteiger partial charge in [0.25, 0.3) is 0 Å².